The van der Waals surface area contributed by atoms with E-state index < -0.39 is 0 Å². The van der Waals surface area contributed by atoms with Crippen LogP contribution in [0.2, 0.25) is 10.0 Å². The summed E-state index contributed by atoms with van der Waals surface area (Å²) in [7, 11) is 3.24. The van der Waals surface area contributed by atoms with Gasteiger partial charge in [0, 0.05) is 39.5 Å². The highest BCUT2D eigenvalue weighted by Gasteiger charge is 2.15. The van der Waals surface area contributed by atoms with Crippen molar-refractivity contribution in [3.05, 3.63) is 63.8 Å². The molecule has 1 aromatic heterocycles. The Labute approximate surface area is 168 Å². The topological polar surface area (TPSA) is 57.4 Å². The highest BCUT2D eigenvalue weighted by molar-refractivity contribution is 6.36. The molecule has 1 heterocycles. The third-order valence-electron chi connectivity index (χ3n) is 4.40. The zero-order valence-electron chi connectivity index (χ0n) is 15.3. The van der Waals surface area contributed by atoms with Crippen LogP contribution in [0.5, 0.6) is 11.5 Å². The second-order valence-corrected chi connectivity index (χ2v) is 6.89. The molecule has 6 heteroatoms. The molecule has 0 spiro atoms. The van der Waals surface area contributed by atoms with Gasteiger partial charge in [0.2, 0.25) is 0 Å². The molecule has 27 heavy (non-hydrogen) atoms. The van der Waals surface area contributed by atoms with Crippen LogP contribution < -0.4 is 15.2 Å². The van der Waals surface area contributed by atoms with Crippen molar-refractivity contribution in [2.24, 2.45) is 5.73 Å². The number of pyridine rings is 1. The van der Waals surface area contributed by atoms with Crippen LogP contribution in [0.25, 0.3) is 22.4 Å². The van der Waals surface area contributed by atoms with E-state index in [1.54, 1.807) is 20.3 Å². The SMILES string of the molecule is COc1cc(OC)cc(-c2cc(-c3ccc(Cl)cc3Cl)c(CN)c(C)n2)c1. The Hall–Kier alpha value is -2.27. The number of aryl methyl sites for hydroxylation is 1. The quantitative estimate of drug-likeness (QED) is 0.611. The maximum atomic E-state index is 6.45. The molecule has 0 amide bonds. The molecule has 140 valence electrons. The van der Waals surface area contributed by atoms with Crippen molar-refractivity contribution in [2.75, 3.05) is 14.2 Å². The van der Waals surface area contributed by atoms with E-state index in [4.69, 9.17) is 43.4 Å². The van der Waals surface area contributed by atoms with Crippen LogP contribution in [0.4, 0.5) is 0 Å². The Morgan fingerprint density at radius 2 is 1.59 bits per heavy atom. The van der Waals surface area contributed by atoms with Crippen LogP contribution in [0.1, 0.15) is 11.3 Å². The number of ether oxygens (including phenoxy) is 2. The number of methoxy groups -OCH3 is 2. The van der Waals surface area contributed by atoms with E-state index in [0.717, 1.165) is 33.6 Å². The van der Waals surface area contributed by atoms with Gasteiger partial charge in [0.25, 0.3) is 0 Å². The number of aromatic nitrogens is 1. The summed E-state index contributed by atoms with van der Waals surface area (Å²) in [6, 6.07) is 13.1. The molecule has 0 atom stereocenters. The molecule has 0 radical (unpaired) electrons. The largest absolute Gasteiger partial charge is 0.497 e. The smallest absolute Gasteiger partial charge is 0.123 e. The van der Waals surface area contributed by atoms with Crippen LogP contribution in [-0.4, -0.2) is 19.2 Å². The van der Waals surface area contributed by atoms with Gasteiger partial charge >= 0.3 is 0 Å². The van der Waals surface area contributed by atoms with Crippen molar-refractivity contribution in [3.63, 3.8) is 0 Å². The summed E-state index contributed by atoms with van der Waals surface area (Å²) in [6.45, 7) is 2.30. The van der Waals surface area contributed by atoms with Crippen LogP contribution >= 0.6 is 23.2 Å². The van der Waals surface area contributed by atoms with Crippen molar-refractivity contribution < 1.29 is 9.47 Å². The Balaban J connectivity index is 2.24. The molecular weight excluding hydrogens is 383 g/mol. The fourth-order valence-electron chi connectivity index (χ4n) is 3.01. The maximum Gasteiger partial charge on any atom is 0.123 e. The summed E-state index contributed by atoms with van der Waals surface area (Å²) in [5.41, 5.74) is 11.2. The van der Waals surface area contributed by atoms with Gasteiger partial charge in [0.05, 0.1) is 19.9 Å². The summed E-state index contributed by atoms with van der Waals surface area (Å²) < 4.78 is 10.8. The van der Waals surface area contributed by atoms with E-state index >= 15 is 0 Å². The summed E-state index contributed by atoms with van der Waals surface area (Å²) in [5.74, 6) is 1.38. The zero-order valence-corrected chi connectivity index (χ0v) is 16.9. The first kappa shape index (κ1) is 19.5. The molecule has 4 nitrogen and oxygen atoms in total. The van der Waals surface area contributed by atoms with Crippen LogP contribution in [0.15, 0.2) is 42.5 Å². The van der Waals surface area contributed by atoms with Gasteiger partial charge in [0.15, 0.2) is 0 Å². The number of hydrogen-bond acceptors (Lipinski definition) is 4. The summed E-state index contributed by atoms with van der Waals surface area (Å²) in [5, 5.41) is 1.15. The van der Waals surface area contributed by atoms with Gasteiger partial charge in [-0.15, -0.1) is 0 Å². The Bertz CT molecular complexity index is 968. The van der Waals surface area contributed by atoms with Crippen molar-refractivity contribution in [2.45, 2.75) is 13.5 Å². The zero-order chi connectivity index (χ0) is 19.6. The average Bonchev–Trinajstić information content (AvgIpc) is 2.67. The predicted molar refractivity (Wildman–Crippen MR) is 111 cm³/mol. The molecule has 0 aliphatic heterocycles. The van der Waals surface area contributed by atoms with Gasteiger partial charge in [-0.2, -0.15) is 0 Å². The first-order valence-electron chi connectivity index (χ1n) is 8.36. The number of halogens is 2. The van der Waals surface area contributed by atoms with E-state index in [0.29, 0.717) is 28.1 Å². The highest BCUT2D eigenvalue weighted by Crippen LogP contribution is 2.37. The van der Waals surface area contributed by atoms with Crippen molar-refractivity contribution >= 4 is 23.2 Å². The van der Waals surface area contributed by atoms with Crippen molar-refractivity contribution in [1.82, 2.24) is 4.98 Å². The van der Waals surface area contributed by atoms with Crippen molar-refractivity contribution in [1.29, 1.82) is 0 Å². The minimum atomic E-state index is 0.356. The molecule has 3 aromatic rings. The summed E-state index contributed by atoms with van der Waals surface area (Å²) in [4.78, 5) is 4.74. The summed E-state index contributed by atoms with van der Waals surface area (Å²) in [6.07, 6.45) is 0. The minimum Gasteiger partial charge on any atom is -0.497 e. The molecule has 2 aromatic carbocycles. The molecule has 0 aliphatic rings. The first-order chi connectivity index (χ1) is 13.0. The lowest BCUT2D eigenvalue weighted by Crippen LogP contribution is -2.05. The monoisotopic (exact) mass is 402 g/mol. The Kier molecular flexibility index (Phi) is 5.90. The molecule has 0 saturated carbocycles. The maximum absolute atomic E-state index is 6.45. The van der Waals surface area contributed by atoms with Crippen molar-refractivity contribution in [3.8, 4) is 33.9 Å². The van der Waals surface area contributed by atoms with Gasteiger partial charge in [-0.3, -0.25) is 4.98 Å². The second-order valence-electron chi connectivity index (χ2n) is 6.05. The van der Waals surface area contributed by atoms with Gasteiger partial charge < -0.3 is 15.2 Å². The molecule has 0 bridgehead atoms. The van der Waals surface area contributed by atoms with E-state index in [9.17, 15) is 0 Å². The molecular formula is C21H20Cl2N2O2. The number of benzene rings is 2. The van der Waals surface area contributed by atoms with Crippen LogP contribution in [0, 0.1) is 6.92 Å². The summed E-state index contributed by atoms with van der Waals surface area (Å²) >= 11 is 12.5. The Morgan fingerprint density at radius 1 is 0.926 bits per heavy atom. The van der Waals surface area contributed by atoms with E-state index in [-0.39, 0.29) is 0 Å². The lowest BCUT2D eigenvalue weighted by molar-refractivity contribution is 0.394. The number of rotatable bonds is 5. The number of nitrogens with two attached hydrogens (primary N) is 1. The normalized spacial score (nSPS) is 10.7. The standard InChI is InChI=1S/C21H20Cl2N2O2/c1-12-19(11-24)18(17-5-4-14(22)8-20(17)23)10-21(25-12)13-6-15(26-2)9-16(7-13)27-3/h4-10H,11,24H2,1-3H3. The number of hydrogen-bond donors (Lipinski definition) is 1. The molecule has 2 N–H and O–H groups in total. The predicted octanol–water partition coefficient (Wildman–Crippen LogP) is 5.51. The highest BCUT2D eigenvalue weighted by atomic mass is 35.5. The second kappa shape index (κ2) is 8.17. The lowest BCUT2D eigenvalue weighted by Gasteiger charge is -2.16. The fourth-order valence-corrected chi connectivity index (χ4v) is 3.52. The first-order valence-corrected chi connectivity index (χ1v) is 9.12. The third-order valence-corrected chi connectivity index (χ3v) is 4.95. The van der Waals surface area contributed by atoms with Gasteiger partial charge in [0.1, 0.15) is 11.5 Å². The lowest BCUT2D eigenvalue weighted by atomic mass is 9.96. The van der Waals surface area contributed by atoms with Gasteiger partial charge in [-0.1, -0.05) is 29.3 Å². The van der Waals surface area contributed by atoms with Crippen LogP contribution in [-0.2, 0) is 6.54 Å². The molecule has 0 aliphatic carbocycles. The van der Waals surface area contributed by atoms with Gasteiger partial charge in [-0.25, -0.2) is 0 Å². The third kappa shape index (κ3) is 4.03. The Morgan fingerprint density at radius 3 is 2.15 bits per heavy atom. The van der Waals surface area contributed by atoms with E-state index in [1.165, 1.54) is 0 Å². The van der Waals surface area contributed by atoms with E-state index in [1.807, 2.05) is 43.3 Å². The number of nitrogens with zero attached hydrogens (tertiary/aromatic N) is 1. The minimum absolute atomic E-state index is 0.356. The van der Waals surface area contributed by atoms with Crippen LogP contribution in [0.3, 0.4) is 0 Å². The fraction of sp³-hybridized carbons (Fsp3) is 0.190. The molecule has 0 saturated heterocycles. The molecule has 0 fully saturated rings. The van der Waals surface area contributed by atoms with Gasteiger partial charge in [-0.05, 0) is 48.4 Å². The van der Waals surface area contributed by atoms with E-state index in [2.05, 4.69) is 0 Å². The average molecular weight is 403 g/mol. The molecule has 3 rings (SSSR count). The molecule has 0 unspecified atom stereocenters.